The summed E-state index contributed by atoms with van der Waals surface area (Å²) in [6.45, 7) is 2.18. The molecule has 0 atom stereocenters. The summed E-state index contributed by atoms with van der Waals surface area (Å²) >= 11 is 0. The molecular formula is C21H19FN4O3. The molecule has 0 radical (unpaired) electrons. The Morgan fingerprint density at radius 1 is 1.10 bits per heavy atom. The van der Waals surface area contributed by atoms with Gasteiger partial charge in [-0.2, -0.15) is 0 Å². The molecule has 0 N–H and O–H groups in total. The van der Waals surface area contributed by atoms with Crippen molar-refractivity contribution in [1.82, 2.24) is 18.7 Å². The molecule has 0 bridgehead atoms. The van der Waals surface area contributed by atoms with Crippen molar-refractivity contribution in [1.29, 1.82) is 0 Å². The minimum absolute atomic E-state index is 0.202. The Bertz CT molecular complexity index is 1320. The molecule has 0 amide bonds. The van der Waals surface area contributed by atoms with Gasteiger partial charge < -0.3 is 9.30 Å². The first kappa shape index (κ1) is 18.7. The van der Waals surface area contributed by atoms with Crippen molar-refractivity contribution in [3.63, 3.8) is 0 Å². The zero-order valence-electron chi connectivity index (χ0n) is 16.0. The normalized spacial score (nSPS) is 11.1. The lowest BCUT2D eigenvalue weighted by Gasteiger charge is -2.14. The summed E-state index contributed by atoms with van der Waals surface area (Å²) in [4.78, 5) is 30.5. The van der Waals surface area contributed by atoms with Crippen molar-refractivity contribution >= 4 is 11.2 Å². The van der Waals surface area contributed by atoms with Gasteiger partial charge >= 0.3 is 5.69 Å². The molecule has 0 saturated carbocycles. The highest BCUT2D eigenvalue weighted by molar-refractivity contribution is 5.73. The fourth-order valence-corrected chi connectivity index (χ4v) is 3.44. The van der Waals surface area contributed by atoms with Gasteiger partial charge in [0.1, 0.15) is 11.6 Å². The zero-order valence-corrected chi connectivity index (χ0v) is 16.0. The van der Waals surface area contributed by atoms with Crippen LogP contribution < -0.4 is 16.0 Å². The maximum Gasteiger partial charge on any atom is 0.337 e. The highest BCUT2D eigenvalue weighted by Crippen LogP contribution is 2.23. The van der Waals surface area contributed by atoms with Crippen LogP contribution in [0.4, 0.5) is 4.39 Å². The van der Waals surface area contributed by atoms with E-state index in [0.29, 0.717) is 17.0 Å². The molecule has 2 heterocycles. The first-order valence-corrected chi connectivity index (χ1v) is 9.13. The van der Waals surface area contributed by atoms with Gasteiger partial charge in [0, 0.05) is 13.1 Å². The summed E-state index contributed by atoms with van der Waals surface area (Å²) in [6.07, 6.45) is 1.49. The lowest BCUT2D eigenvalue weighted by atomic mass is 10.2. The maximum atomic E-state index is 13.6. The Morgan fingerprint density at radius 3 is 2.62 bits per heavy atom. The molecule has 0 aliphatic rings. The van der Waals surface area contributed by atoms with Crippen LogP contribution in [0.2, 0.25) is 0 Å². The van der Waals surface area contributed by atoms with Crippen LogP contribution in [-0.2, 0) is 13.1 Å². The first-order chi connectivity index (χ1) is 14.0. The number of nitrogens with zero attached hydrogens (tertiary/aromatic N) is 4. The van der Waals surface area contributed by atoms with Gasteiger partial charge in [-0.1, -0.05) is 24.3 Å². The Labute approximate surface area is 165 Å². The smallest absolute Gasteiger partial charge is 0.337 e. The average molecular weight is 394 g/mol. The lowest BCUT2D eigenvalue weighted by molar-refractivity contribution is 0.412. The third-order valence-electron chi connectivity index (χ3n) is 4.78. The van der Waals surface area contributed by atoms with Crippen molar-refractivity contribution < 1.29 is 9.13 Å². The van der Waals surface area contributed by atoms with E-state index in [1.165, 1.54) is 30.1 Å². The van der Waals surface area contributed by atoms with Gasteiger partial charge in [0.05, 0.1) is 19.1 Å². The molecule has 0 unspecified atom stereocenters. The van der Waals surface area contributed by atoms with Crippen molar-refractivity contribution in [3.05, 3.63) is 87.1 Å². The number of methoxy groups -OCH3 is 1. The van der Waals surface area contributed by atoms with Crippen LogP contribution in [0.5, 0.6) is 5.75 Å². The number of para-hydroxylation sites is 2. The molecule has 0 spiro atoms. The van der Waals surface area contributed by atoms with Gasteiger partial charge in [0.15, 0.2) is 11.2 Å². The van der Waals surface area contributed by atoms with E-state index in [9.17, 15) is 14.0 Å². The Morgan fingerprint density at radius 2 is 1.90 bits per heavy atom. The quantitative estimate of drug-likeness (QED) is 0.522. The van der Waals surface area contributed by atoms with Gasteiger partial charge in [-0.15, -0.1) is 0 Å². The molecule has 148 valence electrons. The van der Waals surface area contributed by atoms with E-state index in [1.54, 1.807) is 47.9 Å². The molecule has 0 aliphatic carbocycles. The molecule has 0 fully saturated rings. The van der Waals surface area contributed by atoms with Crippen LogP contribution in [0.15, 0.2) is 64.4 Å². The SMILES string of the molecule is CCn1c(=O)c2c(ncn2Cc2cccc(F)c2)n(-c2ccccc2OC)c1=O. The second kappa shape index (κ2) is 7.38. The molecule has 29 heavy (non-hydrogen) atoms. The fraction of sp³-hybridized carbons (Fsp3) is 0.190. The van der Waals surface area contributed by atoms with E-state index >= 15 is 0 Å². The number of imidazole rings is 1. The number of ether oxygens (including phenoxy) is 1. The third kappa shape index (κ3) is 3.12. The van der Waals surface area contributed by atoms with Crippen LogP contribution >= 0.6 is 0 Å². The van der Waals surface area contributed by atoms with Crippen molar-refractivity contribution in [3.8, 4) is 11.4 Å². The zero-order chi connectivity index (χ0) is 20.5. The summed E-state index contributed by atoms with van der Waals surface area (Å²) in [5.74, 6) is 0.126. The predicted octanol–water partition coefficient (Wildman–Crippen LogP) is 2.56. The third-order valence-corrected chi connectivity index (χ3v) is 4.78. The number of hydrogen-bond donors (Lipinski definition) is 0. The standard InChI is InChI=1S/C21H19FN4O3/c1-3-25-20(27)18-19(23-13-24(18)12-14-7-6-8-15(22)11-14)26(21(25)28)16-9-4-5-10-17(16)29-2/h4-11,13H,3,12H2,1-2H3. The van der Waals surface area contributed by atoms with E-state index in [0.717, 1.165) is 4.57 Å². The van der Waals surface area contributed by atoms with Gasteiger partial charge in [-0.3, -0.25) is 9.36 Å². The maximum absolute atomic E-state index is 13.6. The van der Waals surface area contributed by atoms with E-state index < -0.39 is 11.2 Å². The molecule has 2 aromatic heterocycles. The Hall–Kier alpha value is -3.68. The van der Waals surface area contributed by atoms with Crippen molar-refractivity contribution in [2.45, 2.75) is 20.0 Å². The van der Waals surface area contributed by atoms with Crippen LogP contribution in [0.1, 0.15) is 12.5 Å². The topological polar surface area (TPSA) is 71.1 Å². The number of benzene rings is 2. The number of aromatic nitrogens is 4. The summed E-state index contributed by atoms with van der Waals surface area (Å²) in [5, 5.41) is 0. The molecular weight excluding hydrogens is 375 g/mol. The van der Waals surface area contributed by atoms with Crippen LogP contribution in [0.3, 0.4) is 0 Å². The molecule has 8 heteroatoms. The van der Waals surface area contributed by atoms with Crippen LogP contribution in [-0.4, -0.2) is 25.8 Å². The number of rotatable bonds is 5. The second-order valence-corrected chi connectivity index (χ2v) is 6.51. The summed E-state index contributed by atoms with van der Waals surface area (Å²) < 4.78 is 23.1. The monoisotopic (exact) mass is 394 g/mol. The molecule has 7 nitrogen and oxygen atoms in total. The minimum atomic E-state index is -0.495. The van der Waals surface area contributed by atoms with Gasteiger partial charge in [-0.25, -0.2) is 18.7 Å². The van der Waals surface area contributed by atoms with Crippen LogP contribution in [0.25, 0.3) is 16.9 Å². The predicted molar refractivity (Wildman–Crippen MR) is 107 cm³/mol. The number of hydrogen-bond acceptors (Lipinski definition) is 4. The summed E-state index contributed by atoms with van der Waals surface area (Å²) in [5.41, 5.74) is 0.732. The van der Waals surface area contributed by atoms with E-state index in [4.69, 9.17) is 4.74 Å². The largest absolute Gasteiger partial charge is 0.495 e. The molecule has 4 aromatic rings. The first-order valence-electron chi connectivity index (χ1n) is 9.13. The Balaban J connectivity index is 2.02. The second-order valence-electron chi connectivity index (χ2n) is 6.51. The number of fused-ring (bicyclic) bond motifs is 1. The van der Waals surface area contributed by atoms with E-state index in [1.807, 2.05) is 0 Å². The van der Waals surface area contributed by atoms with Gasteiger partial charge in [-0.05, 0) is 36.8 Å². The number of halogens is 1. The summed E-state index contributed by atoms with van der Waals surface area (Å²) in [7, 11) is 1.51. The van der Waals surface area contributed by atoms with Gasteiger partial charge in [0.25, 0.3) is 5.56 Å². The minimum Gasteiger partial charge on any atom is -0.495 e. The van der Waals surface area contributed by atoms with Crippen LogP contribution in [0, 0.1) is 5.82 Å². The highest BCUT2D eigenvalue weighted by Gasteiger charge is 2.20. The lowest BCUT2D eigenvalue weighted by Crippen LogP contribution is -2.39. The molecule has 0 saturated heterocycles. The van der Waals surface area contributed by atoms with E-state index in [-0.39, 0.29) is 30.1 Å². The Kier molecular flexibility index (Phi) is 4.75. The van der Waals surface area contributed by atoms with Crippen molar-refractivity contribution in [2.75, 3.05) is 7.11 Å². The van der Waals surface area contributed by atoms with Crippen molar-refractivity contribution in [2.24, 2.45) is 0 Å². The van der Waals surface area contributed by atoms with Gasteiger partial charge in [0.2, 0.25) is 0 Å². The average Bonchev–Trinajstić information content (AvgIpc) is 3.12. The highest BCUT2D eigenvalue weighted by atomic mass is 19.1. The summed E-state index contributed by atoms with van der Waals surface area (Å²) in [6, 6.07) is 13.2. The molecule has 0 aliphatic heterocycles. The fourth-order valence-electron chi connectivity index (χ4n) is 3.44. The van der Waals surface area contributed by atoms with E-state index in [2.05, 4.69) is 4.98 Å². The molecule has 2 aromatic carbocycles. The molecule has 4 rings (SSSR count).